The molecule has 0 aliphatic heterocycles. The van der Waals surface area contributed by atoms with Crippen molar-refractivity contribution in [2.75, 3.05) is 19.1 Å². The van der Waals surface area contributed by atoms with Crippen molar-refractivity contribution in [3.63, 3.8) is 0 Å². The van der Waals surface area contributed by atoms with Gasteiger partial charge in [-0.2, -0.15) is 0 Å². The lowest BCUT2D eigenvalue weighted by molar-refractivity contribution is 0.564. The Morgan fingerprint density at radius 3 is 2.44 bits per heavy atom. The fraction of sp³-hybridized carbons (Fsp3) is 0.636. The van der Waals surface area contributed by atoms with Crippen LogP contribution in [0.25, 0.3) is 0 Å². The summed E-state index contributed by atoms with van der Waals surface area (Å²) in [5, 5.41) is 3.18. The summed E-state index contributed by atoms with van der Waals surface area (Å²) in [5.74, 6) is 0.231. The molecule has 0 saturated carbocycles. The zero-order valence-electron chi connectivity index (χ0n) is 10.2. The average Bonchev–Trinajstić information content (AvgIpc) is 2.46. The van der Waals surface area contributed by atoms with E-state index in [1.165, 1.54) is 21.6 Å². The van der Waals surface area contributed by atoms with Gasteiger partial charge in [-0.1, -0.05) is 0 Å². The van der Waals surface area contributed by atoms with Crippen LogP contribution in [0.5, 0.6) is 0 Å². The van der Waals surface area contributed by atoms with Gasteiger partial charge < -0.3 is 5.32 Å². The molecular weight excluding hydrogens is 242 g/mol. The Kier molecular flexibility index (Phi) is 4.52. The topological polar surface area (TPSA) is 46.2 Å². The van der Waals surface area contributed by atoms with Gasteiger partial charge >= 0.3 is 0 Å². The second-order valence-corrected chi connectivity index (χ2v) is 7.70. The minimum Gasteiger partial charge on any atom is -0.312 e. The molecule has 5 heteroatoms. The van der Waals surface area contributed by atoms with E-state index in [4.69, 9.17) is 0 Å². The van der Waals surface area contributed by atoms with Crippen LogP contribution in [-0.4, -0.2) is 27.5 Å². The van der Waals surface area contributed by atoms with E-state index in [-0.39, 0.29) is 11.8 Å². The largest absolute Gasteiger partial charge is 0.312 e. The fourth-order valence-corrected chi connectivity index (χ4v) is 3.39. The molecule has 1 aromatic rings. The molecule has 1 unspecified atom stereocenters. The van der Waals surface area contributed by atoms with Crippen molar-refractivity contribution < 1.29 is 8.42 Å². The first kappa shape index (κ1) is 13.7. The summed E-state index contributed by atoms with van der Waals surface area (Å²) in [6.45, 7) is 4.17. The maximum Gasteiger partial charge on any atom is 0.147 e. The minimum atomic E-state index is -2.88. The third-order valence-corrected chi connectivity index (χ3v) is 4.90. The molecule has 1 heterocycles. The van der Waals surface area contributed by atoms with Gasteiger partial charge in [-0.3, -0.25) is 0 Å². The Balaban J connectivity index is 2.75. The van der Waals surface area contributed by atoms with E-state index in [1.54, 1.807) is 11.3 Å². The molecule has 92 valence electrons. The van der Waals surface area contributed by atoms with Crippen LogP contribution < -0.4 is 5.32 Å². The summed E-state index contributed by atoms with van der Waals surface area (Å²) in [6.07, 6.45) is 1.92. The molecule has 1 N–H and O–H groups in total. The Morgan fingerprint density at radius 1 is 1.44 bits per heavy atom. The van der Waals surface area contributed by atoms with E-state index in [2.05, 4.69) is 25.2 Å². The van der Waals surface area contributed by atoms with Gasteiger partial charge in [0.25, 0.3) is 0 Å². The van der Waals surface area contributed by atoms with Crippen molar-refractivity contribution in [2.45, 2.75) is 26.3 Å². The van der Waals surface area contributed by atoms with Crippen LogP contribution in [0.2, 0.25) is 0 Å². The maximum atomic E-state index is 11.1. The maximum absolute atomic E-state index is 11.1. The zero-order chi connectivity index (χ0) is 12.3. The molecule has 0 amide bonds. The van der Waals surface area contributed by atoms with Crippen LogP contribution in [-0.2, 0) is 9.84 Å². The lowest BCUT2D eigenvalue weighted by atomic mass is 10.1. The van der Waals surface area contributed by atoms with Gasteiger partial charge in [0.05, 0.1) is 5.75 Å². The SMILES string of the molecule is CNC(CCS(C)(=O)=O)c1cc(C)c(C)s1. The quantitative estimate of drug-likeness (QED) is 0.882. The van der Waals surface area contributed by atoms with Crippen molar-refractivity contribution in [2.24, 2.45) is 0 Å². The molecule has 0 fully saturated rings. The molecule has 3 nitrogen and oxygen atoms in total. The first-order chi connectivity index (χ1) is 7.33. The van der Waals surface area contributed by atoms with Gasteiger partial charge in [-0.05, 0) is 38.9 Å². The Hall–Kier alpha value is -0.390. The normalized spacial score (nSPS) is 14.0. The highest BCUT2D eigenvalue weighted by atomic mass is 32.2. The molecule has 0 aromatic carbocycles. The van der Waals surface area contributed by atoms with E-state index in [0.29, 0.717) is 6.42 Å². The molecule has 16 heavy (non-hydrogen) atoms. The number of hydrogen-bond acceptors (Lipinski definition) is 4. The fourth-order valence-electron chi connectivity index (χ4n) is 1.53. The Labute approximate surface area is 102 Å². The Morgan fingerprint density at radius 2 is 2.06 bits per heavy atom. The smallest absolute Gasteiger partial charge is 0.147 e. The first-order valence-electron chi connectivity index (χ1n) is 5.25. The molecular formula is C11H19NO2S2. The monoisotopic (exact) mass is 261 g/mol. The lowest BCUT2D eigenvalue weighted by Crippen LogP contribution is -2.18. The predicted molar refractivity (Wildman–Crippen MR) is 69.9 cm³/mol. The number of sulfone groups is 1. The molecule has 0 spiro atoms. The van der Waals surface area contributed by atoms with Crippen molar-refractivity contribution in [3.8, 4) is 0 Å². The number of hydrogen-bond donors (Lipinski definition) is 1. The number of rotatable bonds is 5. The molecule has 0 radical (unpaired) electrons. The Bertz CT molecular complexity index is 429. The predicted octanol–water partition coefficient (Wildman–Crippen LogP) is 2.06. The van der Waals surface area contributed by atoms with Crippen LogP contribution in [0.4, 0.5) is 0 Å². The molecule has 1 atom stereocenters. The second kappa shape index (κ2) is 5.29. The standard InChI is InChI=1S/C11H19NO2S2/c1-8-7-11(15-9(8)2)10(12-3)5-6-16(4,13)14/h7,10,12H,5-6H2,1-4H3. The van der Waals surface area contributed by atoms with E-state index >= 15 is 0 Å². The van der Waals surface area contributed by atoms with Crippen molar-refractivity contribution >= 4 is 21.2 Å². The van der Waals surface area contributed by atoms with E-state index in [1.807, 2.05) is 7.05 Å². The summed E-state index contributed by atoms with van der Waals surface area (Å²) >= 11 is 1.74. The molecule has 1 rings (SSSR count). The van der Waals surface area contributed by atoms with Crippen molar-refractivity contribution in [1.82, 2.24) is 5.32 Å². The summed E-state index contributed by atoms with van der Waals surface area (Å²) in [7, 11) is -1.00. The summed E-state index contributed by atoms with van der Waals surface area (Å²) in [6, 6.07) is 2.29. The highest BCUT2D eigenvalue weighted by Gasteiger charge is 2.15. The van der Waals surface area contributed by atoms with Gasteiger partial charge in [0, 0.05) is 22.1 Å². The molecule has 0 aliphatic rings. The van der Waals surface area contributed by atoms with E-state index in [0.717, 1.165) is 0 Å². The first-order valence-corrected chi connectivity index (χ1v) is 8.13. The number of nitrogens with one attached hydrogen (secondary N) is 1. The van der Waals surface area contributed by atoms with Crippen molar-refractivity contribution in [3.05, 3.63) is 21.4 Å². The summed E-state index contributed by atoms with van der Waals surface area (Å²) < 4.78 is 22.3. The zero-order valence-corrected chi connectivity index (χ0v) is 11.8. The molecule has 1 aromatic heterocycles. The summed E-state index contributed by atoms with van der Waals surface area (Å²) in [4.78, 5) is 2.52. The minimum absolute atomic E-state index is 0.145. The van der Waals surface area contributed by atoms with Crippen LogP contribution in [0.1, 0.15) is 27.8 Å². The molecule has 0 bridgehead atoms. The highest BCUT2D eigenvalue weighted by Crippen LogP contribution is 2.28. The molecule has 0 saturated heterocycles. The highest BCUT2D eigenvalue weighted by molar-refractivity contribution is 7.90. The van der Waals surface area contributed by atoms with Gasteiger partial charge in [-0.15, -0.1) is 11.3 Å². The van der Waals surface area contributed by atoms with E-state index < -0.39 is 9.84 Å². The van der Waals surface area contributed by atoms with Crippen LogP contribution in [0.3, 0.4) is 0 Å². The van der Waals surface area contributed by atoms with E-state index in [9.17, 15) is 8.42 Å². The lowest BCUT2D eigenvalue weighted by Gasteiger charge is -2.13. The third-order valence-electron chi connectivity index (χ3n) is 2.65. The third kappa shape index (κ3) is 3.88. The second-order valence-electron chi connectivity index (χ2n) is 4.15. The van der Waals surface area contributed by atoms with Gasteiger partial charge in [0.15, 0.2) is 0 Å². The summed E-state index contributed by atoms with van der Waals surface area (Å²) in [5.41, 5.74) is 1.28. The molecule has 0 aliphatic carbocycles. The van der Waals surface area contributed by atoms with Crippen LogP contribution >= 0.6 is 11.3 Å². The van der Waals surface area contributed by atoms with Crippen LogP contribution in [0, 0.1) is 13.8 Å². The number of thiophene rings is 1. The van der Waals surface area contributed by atoms with Gasteiger partial charge in [0.2, 0.25) is 0 Å². The average molecular weight is 261 g/mol. The van der Waals surface area contributed by atoms with Crippen LogP contribution in [0.15, 0.2) is 6.07 Å². The number of aryl methyl sites for hydroxylation is 2. The van der Waals surface area contributed by atoms with Gasteiger partial charge in [0.1, 0.15) is 9.84 Å². The van der Waals surface area contributed by atoms with Crippen molar-refractivity contribution in [1.29, 1.82) is 0 Å². The van der Waals surface area contributed by atoms with Gasteiger partial charge in [-0.25, -0.2) is 8.42 Å².